The predicted molar refractivity (Wildman–Crippen MR) is 88.6 cm³/mol. The number of carbonyl (C=O) groups is 1. The summed E-state index contributed by atoms with van der Waals surface area (Å²) in [5, 5.41) is 0. The monoisotopic (exact) mass is 372 g/mol. The van der Waals surface area contributed by atoms with Gasteiger partial charge in [-0.2, -0.15) is 0 Å². The van der Waals surface area contributed by atoms with E-state index in [9.17, 15) is 4.79 Å². The lowest BCUT2D eigenvalue weighted by Gasteiger charge is -2.35. The molecule has 2 N–H and O–H groups in total. The summed E-state index contributed by atoms with van der Waals surface area (Å²) < 4.78 is 11.2. The molecule has 5 nitrogen and oxygen atoms in total. The molecule has 114 valence electrons. The fourth-order valence-electron chi connectivity index (χ4n) is 2.35. The zero-order chi connectivity index (χ0) is 15.4. The van der Waals surface area contributed by atoms with Crippen LogP contribution in [0.1, 0.15) is 12.0 Å². The number of ether oxygens (including phenoxy) is 2. The average Bonchev–Trinajstić information content (AvgIpc) is 2.46. The summed E-state index contributed by atoms with van der Waals surface area (Å²) in [6.45, 7) is 1.87. The molecule has 1 aromatic carbocycles. The third kappa shape index (κ3) is 3.93. The molecule has 1 aromatic rings. The normalized spacial score (nSPS) is 18.4. The number of carbonyl (C=O) groups excluding carboxylic acids is 1. The van der Waals surface area contributed by atoms with Crippen molar-refractivity contribution in [3.63, 3.8) is 0 Å². The van der Waals surface area contributed by atoms with E-state index >= 15 is 0 Å². The molecule has 1 unspecified atom stereocenters. The van der Waals surface area contributed by atoms with E-state index in [1.807, 2.05) is 18.2 Å². The Labute approximate surface area is 137 Å². The van der Waals surface area contributed by atoms with Gasteiger partial charge in [0.2, 0.25) is 0 Å². The predicted octanol–water partition coefficient (Wildman–Crippen LogP) is 1.85. The number of thiocarbonyl (C=S) groups is 1. The molecule has 0 amide bonds. The van der Waals surface area contributed by atoms with E-state index in [2.05, 4.69) is 25.6 Å². The minimum Gasteiger partial charge on any atom is -0.469 e. The number of rotatable bonds is 4. The Hall–Kier alpha value is -1.18. The maximum atomic E-state index is 11.4. The highest BCUT2D eigenvalue weighted by molar-refractivity contribution is 9.10. The standard InChI is InChI=1S/C14H17BrN2O3S/c1-19-12(18)7-9-8-17(5-6-20-9)11-4-2-3-10(15)13(11)14(16)21/h2-4,9H,5-8H2,1H3,(H2,16,21). The van der Waals surface area contributed by atoms with E-state index in [0.29, 0.717) is 18.1 Å². The minimum atomic E-state index is -0.273. The van der Waals surface area contributed by atoms with Crippen molar-refractivity contribution in [2.24, 2.45) is 5.73 Å². The summed E-state index contributed by atoms with van der Waals surface area (Å²) in [5.74, 6) is -0.273. The van der Waals surface area contributed by atoms with Gasteiger partial charge in [-0.3, -0.25) is 4.79 Å². The highest BCUT2D eigenvalue weighted by atomic mass is 79.9. The van der Waals surface area contributed by atoms with Gasteiger partial charge in [-0.15, -0.1) is 0 Å². The van der Waals surface area contributed by atoms with Crippen molar-refractivity contribution in [2.45, 2.75) is 12.5 Å². The number of nitrogens with two attached hydrogens (primary N) is 1. The van der Waals surface area contributed by atoms with Crippen LogP contribution in [0.2, 0.25) is 0 Å². The van der Waals surface area contributed by atoms with Crippen LogP contribution in [0.3, 0.4) is 0 Å². The van der Waals surface area contributed by atoms with E-state index in [1.165, 1.54) is 7.11 Å². The van der Waals surface area contributed by atoms with E-state index in [4.69, 9.17) is 22.7 Å². The molecule has 1 atom stereocenters. The summed E-state index contributed by atoms with van der Waals surface area (Å²) in [7, 11) is 1.38. The smallest absolute Gasteiger partial charge is 0.308 e. The van der Waals surface area contributed by atoms with E-state index in [-0.39, 0.29) is 18.5 Å². The third-order valence-electron chi connectivity index (χ3n) is 3.34. The average molecular weight is 373 g/mol. The quantitative estimate of drug-likeness (QED) is 0.642. The number of halogens is 1. The molecule has 1 heterocycles. The number of hydrogen-bond acceptors (Lipinski definition) is 5. The molecule has 7 heteroatoms. The molecule has 0 aromatic heterocycles. The lowest BCUT2D eigenvalue weighted by molar-refractivity contribution is -0.144. The largest absolute Gasteiger partial charge is 0.469 e. The second kappa shape index (κ2) is 7.20. The van der Waals surface area contributed by atoms with Crippen LogP contribution in [0.4, 0.5) is 5.69 Å². The zero-order valence-electron chi connectivity index (χ0n) is 11.7. The van der Waals surface area contributed by atoms with Gasteiger partial charge in [-0.1, -0.05) is 18.3 Å². The molecular weight excluding hydrogens is 356 g/mol. The van der Waals surface area contributed by atoms with Crippen LogP contribution in [-0.2, 0) is 14.3 Å². The first kappa shape index (κ1) is 16.2. The Morgan fingerprint density at radius 1 is 1.62 bits per heavy atom. The van der Waals surface area contributed by atoms with E-state index in [0.717, 1.165) is 22.3 Å². The fourth-order valence-corrected chi connectivity index (χ4v) is 3.27. The minimum absolute atomic E-state index is 0.190. The van der Waals surface area contributed by atoms with E-state index < -0.39 is 0 Å². The topological polar surface area (TPSA) is 64.8 Å². The molecule has 1 fully saturated rings. The molecule has 0 radical (unpaired) electrons. The van der Waals surface area contributed by atoms with Gasteiger partial charge in [-0.25, -0.2) is 0 Å². The van der Waals surface area contributed by atoms with Crippen LogP contribution < -0.4 is 10.6 Å². The second-order valence-corrected chi connectivity index (χ2v) is 6.01. The van der Waals surface area contributed by atoms with Crippen molar-refractivity contribution >= 4 is 44.8 Å². The molecule has 2 rings (SSSR count). The first-order chi connectivity index (χ1) is 10.0. The van der Waals surface area contributed by atoms with Crippen molar-refractivity contribution in [1.29, 1.82) is 0 Å². The van der Waals surface area contributed by atoms with E-state index in [1.54, 1.807) is 0 Å². The number of morpholine rings is 1. The molecule has 0 spiro atoms. The van der Waals surface area contributed by atoms with Gasteiger partial charge in [0.1, 0.15) is 4.99 Å². The Morgan fingerprint density at radius 2 is 2.38 bits per heavy atom. The number of benzene rings is 1. The van der Waals surface area contributed by atoms with Gasteiger partial charge >= 0.3 is 5.97 Å². The first-order valence-electron chi connectivity index (χ1n) is 6.54. The number of anilines is 1. The van der Waals surface area contributed by atoms with Crippen molar-refractivity contribution in [3.05, 3.63) is 28.2 Å². The van der Waals surface area contributed by atoms with Crippen molar-refractivity contribution in [2.75, 3.05) is 31.7 Å². The summed E-state index contributed by atoms with van der Waals surface area (Å²) in [6, 6.07) is 5.82. The molecule has 21 heavy (non-hydrogen) atoms. The van der Waals surface area contributed by atoms with Crippen LogP contribution in [0, 0.1) is 0 Å². The van der Waals surface area contributed by atoms with Crippen LogP contribution in [0.15, 0.2) is 22.7 Å². The van der Waals surface area contributed by atoms with Gasteiger partial charge in [0, 0.05) is 28.8 Å². The van der Waals surface area contributed by atoms with Crippen LogP contribution >= 0.6 is 28.1 Å². The van der Waals surface area contributed by atoms with Crippen molar-refractivity contribution < 1.29 is 14.3 Å². The zero-order valence-corrected chi connectivity index (χ0v) is 14.1. The van der Waals surface area contributed by atoms with Crippen molar-refractivity contribution in [1.82, 2.24) is 0 Å². The number of hydrogen-bond donors (Lipinski definition) is 1. The summed E-state index contributed by atoms with van der Waals surface area (Å²) >= 11 is 8.62. The van der Waals surface area contributed by atoms with Crippen LogP contribution in [0.5, 0.6) is 0 Å². The van der Waals surface area contributed by atoms with Gasteiger partial charge in [0.25, 0.3) is 0 Å². The summed E-state index contributed by atoms with van der Waals surface area (Å²) in [6.07, 6.45) is 0.0491. The number of esters is 1. The molecule has 0 bridgehead atoms. The second-order valence-electron chi connectivity index (χ2n) is 4.72. The highest BCUT2D eigenvalue weighted by Gasteiger charge is 2.25. The lowest BCUT2D eigenvalue weighted by Crippen LogP contribution is -2.44. The molecule has 1 aliphatic heterocycles. The molecule has 0 saturated carbocycles. The molecule has 1 saturated heterocycles. The van der Waals surface area contributed by atoms with Gasteiger partial charge < -0.3 is 20.1 Å². The molecule has 1 aliphatic rings. The summed E-state index contributed by atoms with van der Waals surface area (Å²) in [5.41, 5.74) is 7.59. The van der Waals surface area contributed by atoms with Gasteiger partial charge in [-0.05, 0) is 28.1 Å². The maximum absolute atomic E-state index is 11.4. The Bertz CT molecular complexity index is 553. The Balaban J connectivity index is 2.20. The highest BCUT2D eigenvalue weighted by Crippen LogP contribution is 2.29. The van der Waals surface area contributed by atoms with Gasteiger partial charge in [0.05, 0.1) is 26.2 Å². The number of nitrogens with zero attached hydrogens (tertiary/aromatic N) is 1. The molecule has 0 aliphatic carbocycles. The maximum Gasteiger partial charge on any atom is 0.308 e. The summed E-state index contributed by atoms with van der Waals surface area (Å²) in [4.78, 5) is 13.9. The van der Waals surface area contributed by atoms with Gasteiger partial charge in [0.15, 0.2) is 0 Å². The first-order valence-corrected chi connectivity index (χ1v) is 7.74. The number of methoxy groups -OCH3 is 1. The molecular formula is C14H17BrN2O3S. The lowest BCUT2D eigenvalue weighted by atomic mass is 10.1. The Morgan fingerprint density at radius 3 is 3.05 bits per heavy atom. The van der Waals surface area contributed by atoms with Crippen LogP contribution in [0.25, 0.3) is 0 Å². The van der Waals surface area contributed by atoms with Crippen molar-refractivity contribution in [3.8, 4) is 0 Å². The fraction of sp³-hybridized carbons (Fsp3) is 0.429. The SMILES string of the molecule is COC(=O)CC1CN(c2cccc(Br)c2C(N)=S)CCO1. The third-order valence-corrected chi connectivity index (χ3v) is 4.20. The van der Waals surface area contributed by atoms with Crippen LogP contribution in [-0.4, -0.2) is 43.9 Å². The Kier molecular flexibility index (Phi) is 5.55.